The lowest BCUT2D eigenvalue weighted by Gasteiger charge is -2.31. The number of anilines is 1. The summed E-state index contributed by atoms with van der Waals surface area (Å²) in [6.07, 6.45) is 1.56. The third-order valence-corrected chi connectivity index (χ3v) is 3.56. The maximum absolute atomic E-state index is 13.2. The molecule has 1 aliphatic heterocycles. The molecule has 0 spiro atoms. The van der Waals surface area contributed by atoms with Crippen molar-refractivity contribution in [1.82, 2.24) is 4.90 Å². The first-order valence-electron chi connectivity index (χ1n) is 6.64. The SMILES string of the molecule is COc1ccc(F)cc1NC(=O)N1CCC(CO)CC1. The van der Waals surface area contributed by atoms with Crippen LogP contribution >= 0.6 is 0 Å². The van der Waals surface area contributed by atoms with E-state index in [4.69, 9.17) is 9.84 Å². The molecule has 2 rings (SSSR count). The smallest absolute Gasteiger partial charge is 0.321 e. The van der Waals surface area contributed by atoms with Crippen LogP contribution in [0.15, 0.2) is 18.2 Å². The number of nitrogens with zero attached hydrogens (tertiary/aromatic N) is 1. The summed E-state index contributed by atoms with van der Waals surface area (Å²) >= 11 is 0. The normalized spacial score (nSPS) is 16.1. The van der Waals surface area contributed by atoms with E-state index in [2.05, 4.69) is 5.32 Å². The van der Waals surface area contributed by atoms with Gasteiger partial charge in [-0.2, -0.15) is 0 Å². The van der Waals surface area contributed by atoms with Crippen molar-refractivity contribution in [3.05, 3.63) is 24.0 Å². The molecular weight excluding hydrogens is 263 g/mol. The second-order valence-electron chi connectivity index (χ2n) is 4.89. The van der Waals surface area contributed by atoms with Gasteiger partial charge >= 0.3 is 6.03 Å². The molecule has 6 heteroatoms. The van der Waals surface area contributed by atoms with Crippen LogP contribution in [0.3, 0.4) is 0 Å². The molecule has 5 nitrogen and oxygen atoms in total. The van der Waals surface area contributed by atoms with Gasteiger partial charge in [-0.3, -0.25) is 0 Å². The summed E-state index contributed by atoms with van der Waals surface area (Å²) in [5.74, 6) is 0.257. The van der Waals surface area contributed by atoms with E-state index in [0.29, 0.717) is 24.5 Å². The molecule has 1 aliphatic rings. The number of urea groups is 1. The number of methoxy groups -OCH3 is 1. The van der Waals surface area contributed by atoms with E-state index in [1.165, 1.54) is 25.3 Å². The van der Waals surface area contributed by atoms with Gasteiger partial charge < -0.3 is 20.1 Å². The van der Waals surface area contributed by atoms with Gasteiger partial charge in [0.1, 0.15) is 11.6 Å². The van der Waals surface area contributed by atoms with Gasteiger partial charge in [0, 0.05) is 25.8 Å². The van der Waals surface area contributed by atoms with Crippen LogP contribution in [0.5, 0.6) is 5.75 Å². The first-order chi connectivity index (χ1) is 9.63. The largest absolute Gasteiger partial charge is 0.495 e. The van der Waals surface area contributed by atoms with Gasteiger partial charge in [0.05, 0.1) is 12.8 Å². The predicted octanol–water partition coefficient (Wildman–Crippen LogP) is 2.07. The second kappa shape index (κ2) is 6.56. The van der Waals surface area contributed by atoms with Gasteiger partial charge in [-0.25, -0.2) is 9.18 Å². The summed E-state index contributed by atoms with van der Waals surface area (Å²) in [6.45, 7) is 1.34. The highest BCUT2D eigenvalue weighted by Gasteiger charge is 2.22. The summed E-state index contributed by atoms with van der Waals surface area (Å²) in [5, 5.41) is 11.7. The van der Waals surface area contributed by atoms with E-state index in [1.54, 1.807) is 4.90 Å². The predicted molar refractivity (Wildman–Crippen MR) is 73.4 cm³/mol. The van der Waals surface area contributed by atoms with Crippen molar-refractivity contribution in [2.75, 3.05) is 32.1 Å². The first-order valence-corrected chi connectivity index (χ1v) is 6.64. The Bertz CT molecular complexity index is 473. The Morgan fingerprint density at radius 1 is 1.50 bits per heavy atom. The molecule has 0 saturated carbocycles. The lowest BCUT2D eigenvalue weighted by Crippen LogP contribution is -2.41. The number of ether oxygens (including phenoxy) is 1. The van der Waals surface area contributed by atoms with Crippen molar-refractivity contribution in [3.63, 3.8) is 0 Å². The molecule has 0 unspecified atom stereocenters. The lowest BCUT2D eigenvalue weighted by atomic mass is 9.98. The fraction of sp³-hybridized carbons (Fsp3) is 0.500. The van der Waals surface area contributed by atoms with Gasteiger partial charge in [0.25, 0.3) is 0 Å². The number of aliphatic hydroxyl groups excluding tert-OH is 1. The topological polar surface area (TPSA) is 61.8 Å². The number of carbonyl (C=O) groups excluding carboxylic acids is 1. The van der Waals surface area contributed by atoms with Crippen LogP contribution in [0.1, 0.15) is 12.8 Å². The molecule has 0 aliphatic carbocycles. The van der Waals surface area contributed by atoms with E-state index in [0.717, 1.165) is 12.8 Å². The molecule has 2 amide bonds. The average Bonchev–Trinajstić information content (AvgIpc) is 2.47. The molecule has 1 aromatic rings. The number of piperidine rings is 1. The molecular formula is C14H19FN2O3. The van der Waals surface area contributed by atoms with E-state index < -0.39 is 5.82 Å². The van der Waals surface area contributed by atoms with Crippen molar-refractivity contribution in [1.29, 1.82) is 0 Å². The maximum atomic E-state index is 13.2. The number of nitrogens with one attached hydrogen (secondary N) is 1. The molecule has 2 N–H and O–H groups in total. The quantitative estimate of drug-likeness (QED) is 0.892. The monoisotopic (exact) mass is 282 g/mol. The first kappa shape index (κ1) is 14.6. The zero-order valence-corrected chi connectivity index (χ0v) is 11.4. The number of carbonyl (C=O) groups is 1. The van der Waals surface area contributed by atoms with E-state index in [9.17, 15) is 9.18 Å². The third kappa shape index (κ3) is 3.39. The number of aliphatic hydroxyl groups is 1. The van der Waals surface area contributed by atoms with Crippen molar-refractivity contribution >= 4 is 11.7 Å². The van der Waals surface area contributed by atoms with Gasteiger partial charge in [-0.05, 0) is 30.9 Å². The number of benzene rings is 1. The molecule has 110 valence electrons. The summed E-state index contributed by atoms with van der Waals surface area (Å²) in [4.78, 5) is 13.8. The molecule has 1 heterocycles. The van der Waals surface area contributed by atoms with Crippen LogP contribution in [0.25, 0.3) is 0 Å². The van der Waals surface area contributed by atoms with Crippen LogP contribution in [0.4, 0.5) is 14.9 Å². The van der Waals surface area contributed by atoms with Crippen LogP contribution in [-0.4, -0.2) is 42.8 Å². The lowest BCUT2D eigenvalue weighted by molar-refractivity contribution is 0.143. The van der Waals surface area contributed by atoms with Gasteiger partial charge in [0.15, 0.2) is 0 Å². The summed E-state index contributed by atoms with van der Waals surface area (Å²) in [5.41, 5.74) is 0.321. The van der Waals surface area contributed by atoms with E-state index in [-0.39, 0.29) is 18.6 Å². The van der Waals surface area contributed by atoms with Gasteiger partial charge in [0.2, 0.25) is 0 Å². The van der Waals surface area contributed by atoms with Crippen LogP contribution in [-0.2, 0) is 0 Å². The molecule has 0 aromatic heterocycles. The Labute approximate surface area is 117 Å². The minimum Gasteiger partial charge on any atom is -0.495 e. The fourth-order valence-corrected chi connectivity index (χ4v) is 2.29. The molecule has 0 atom stereocenters. The third-order valence-electron chi connectivity index (χ3n) is 3.56. The number of rotatable bonds is 3. The Kier molecular flexibility index (Phi) is 4.79. The number of hydrogen-bond donors (Lipinski definition) is 2. The molecule has 1 saturated heterocycles. The highest BCUT2D eigenvalue weighted by Crippen LogP contribution is 2.26. The minimum atomic E-state index is -0.430. The number of hydrogen-bond acceptors (Lipinski definition) is 3. The highest BCUT2D eigenvalue weighted by molar-refractivity contribution is 5.91. The van der Waals surface area contributed by atoms with Crippen LogP contribution < -0.4 is 10.1 Å². The number of halogens is 1. The summed E-state index contributed by atoms with van der Waals surface area (Å²) < 4.78 is 18.3. The summed E-state index contributed by atoms with van der Waals surface area (Å²) in [7, 11) is 1.47. The maximum Gasteiger partial charge on any atom is 0.321 e. The van der Waals surface area contributed by atoms with Crippen molar-refractivity contribution in [3.8, 4) is 5.75 Å². The van der Waals surface area contributed by atoms with E-state index >= 15 is 0 Å². The number of amides is 2. The molecule has 1 aromatic carbocycles. The fourth-order valence-electron chi connectivity index (χ4n) is 2.29. The van der Waals surface area contributed by atoms with Crippen molar-refractivity contribution in [2.45, 2.75) is 12.8 Å². The second-order valence-corrected chi connectivity index (χ2v) is 4.89. The van der Waals surface area contributed by atoms with Crippen molar-refractivity contribution in [2.24, 2.45) is 5.92 Å². The zero-order chi connectivity index (χ0) is 14.5. The summed E-state index contributed by atoms with van der Waals surface area (Å²) in [6, 6.07) is 3.71. The molecule has 20 heavy (non-hydrogen) atoms. The Balaban J connectivity index is 1.99. The highest BCUT2D eigenvalue weighted by atomic mass is 19.1. The van der Waals surface area contributed by atoms with Crippen molar-refractivity contribution < 1.29 is 19.0 Å². The van der Waals surface area contributed by atoms with Gasteiger partial charge in [-0.1, -0.05) is 0 Å². The molecule has 0 bridgehead atoms. The van der Waals surface area contributed by atoms with E-state index in [1.807, 2.05) is 0 Å². The Morgan fingerprint density at radius 2 is 2.20 bits per heavy atom. The Hall–Kier alpha value is -1.82. The number of likely N-dealkylation sites (tertiary alicyclic amines) is 1. The molecule has 1 fully saturated rings. The van der Waals surface area contributed by atoms with Crippen LogP contribution in [0, 0.1) is 11.7 Å². The molecule has 0 radical (unpaired) electrons. The van der Waals surface area contributed by atoms with Crippen LogP contribution in [0.2, 0.25) is 0 Å². The standard InChI is InChI=1S/C14H19FN2O3/c1-20-13-3-2-11(15)8-12(13)16-14(19)17-6-4-10(9-18)5-7-17/h2-3,8,10,18H,4-7,9H2,1H3,(H,16,19). The van der Waals surface area contributed by atoms with Gasteiger partial charge in [-0.15, -0.1) is 0 Å². The minimum absolute atomic E-state index is 0.160. The Morgan fingerprint density at radius 3 is 2.80 bits per heavy atom. The zero-order valence-electron chi connectivity index (χ0n) is 11.4. The average molecular weight is 282 g/mol.